The summed E-state index contributed by atoms with van der Waals surface area (Å²) in [5.41, 5.74) is 0.0246. The molecule has 22 heavy (non-hydrogen) atoms. The van der Waals surface area contributed by atoms with Gasteiger partial charge < -0.3 is 9.47 Å². The Morgan fingerprint density at radius 3 is 2.77 bits per heavy atom. The number of halogens is 1. The first-order valence-electron chi connectivity index (χ1n) is 8.70. The van der Waals surface area contributed by atoms with Crippen molar-refractivity contribution in [1.29, 1.82) is 0 Å². The number of fused-ring (bicyclic) bond motifs is 3. The highest BCUT2D eigenvalue weighted by Gasteiger charge is 2.46. The Balaban J connectivity index is 1.87. The van der Waals surface area contributed by atoms with Gasteiger partial charge in [0, 0.05) is 5.33 Å². The first kappa shape index (κ1) is 18.3. The number of carbonyl (C=O) groups excluding carboxylic acids is 1. The smallest absolute Gasteiger partial charge is 0.308 e. The number of hydrogen-bond acceptors (Lipinski definition) is 3. The molecule has 1 saturated carbocycles. The monoisotopic (exact) mass is 372 g/mol. The summed E-state index contributed by atoms with van der Waals surface area (Å²) in [7, 11) is 0. The van der Waals surface area contributed by atoms with Crippen molar-refractivity contribution in [3.63, 3.8) is 0 Å². The number of ether oxygens (including phenoxy) is 2. The normalized spacial score (nSPS) is 29.5. The van der Waals surface area contributed by atoms with E-state index in [1.807, 2.05) is 6.92 Å². The molecule has 4 heteroatoms. The van der Waals surface area contributed by atoms with Crippen LogP contribution in [-0.2, 0) is 14.3 Å². The Morgan fingerprint density at radius 2 is 2.18 bits per heavy atom. The summed E-state index contributed by atoms with van der Waals surface area (Å²) in [5, 5.41) is 0.916. The molecule has 3 aliphatic rings. The molecule has 0 N–H and O–H groups in total. The number of hydrogen-bond donors (Lipinski definition) is 0. The van der Waals surface area contributed by atoms with Gasteiger partial charge in [-0.2, -0.15) is 0 Å². The lowest BCUT2D eigenvalue weighted by molar-refractivity contribution is -0.149. The fourth-order valence-electron chi connectivity index (χ4n) is 3.69. The van der Waals surface area contributed by atoms with E-state index in [1.54, 1.807) is 0 Å². The Morgan fingerprint density at radius 1 is 1.45 bits per heavy atom. The third-order valence-corrected chi connectivity index (χ3v) is 6.13. The van der Waals surface area contributed by atoms with Gasteiger partial charge in [0.2, 0.25) is 0 Å². The molecule has 2 radical (unpaired) electrons. The minimum atomic E-state index is -0.0484. The van der Waals surface area contributed by atoms with Crippen LogP contribution >= 0.6 is 15.9 Å². The van der Waals surface area contributed by atoms with Gasteiger partial charge in [-0.25, -0.2) is 0 Å². The highest BCUT2D eigenvalue weighted by atomic mass is 79.9. The van der Waals surface area contributed by atoms with E-state index in [4.69, 9.17) is 9.47 Å². The third kappa shape index (κ3) is 4.47. The van der Waals surface area contributed by atoms with Crippen molar-refractivity contribution >= 4 is 21.9 Å². The zero-order valence-corrected chi connectivity index (χ0v) is 15.3. The average molecular weight is 373 g/mol. The molecule has 3 fully saturated rings. The Labute approximate surface area is 143 Å². The lowest BCUT2D eigenvalue weighted by Crippen LogP contribution is -2.48. The van der Waals surface area contributed by atoms with Gasteiger partial charge in [0.25, 0.3) is 0 Å². The zero-order chi connectivity index (χ0) is 16.0. The summed E-state index contributed by atoms with van der Waals surface area (Å²) >= 11 is 3.62. The number of esters is 1. The van der Waals surface area contributed by atoms with Crippen molar-refractivity contribution in [3.8, 4) is 0 Å². The molecule has 1 aliphatic carbocycles. The van der Waals surface area contributed by atoms with Gasteiger partial charge in [-0.3, -0.25) is 4.79 Å². The van der Waals surface area contributed by atoms with Crippen molar-refractivity contribution in [2.75, 3.05) is 11.9 Å². The molecule has 0 spiro atoms. The van der Waals surface area contributed by atoms with Crippen molar-refractivity contribution in [3.05, 3.63) is 13.0 Å². The van der Waals surface area contributed by atoms with Crippen molar-refractivity contribution in [2.45, 2.75) is 70.3 Å². The standard InChI is InChI=1S/C18H29BrO3/c1-3-5-6-15(17(20)21-4-2)7-8-16-14-9-11-18(13-19,22-16)12-10-14/h14-15H,1,3-13H2,2H3. The number of rotatable bonds is 9. The second-order valence-electron chi connectivity index (χ2n) is 6.64. The van der Waals surface area contributed by atoms with Crippen LogP contribution in [0.1, 0.15) is 64.7 Å². The zero-order valence-electron chi connectivity index (χ0n) is 13.7. The summed E-state index contributed by atoms with van der Waals surface area (Å²) in [6, 6.07) is 0. The quantitative estimate of drug-likeness (QED) is 0.429. The van der Waals surface area contributed by atoms with Gasteiger partial charge in [0.05, 0.1) is 18.1 Å². The molecule has 3 nitrogen and oxygen atoms in total. The van der Waals surface area contributed by atoms with Crippen LogP contribution < -0.4 is 0 Å². The molecule has 0 aromatic rings. The molecule has 0 aromatic carbocycles. The van der Waals surface area contributed by atoms with E-state index in [9.17, 15) is 4.79 Å². The molecular weight excluding hydrogens is 344 g/mol. The molecule has 0 aromatic heterocycles. The molecule has 0 amide bonds. The maximum absolute atomic E-state index is 12.1. The summed E-state index contributed by atoms with van der Waals surface area (Å²) in [5.74, 6) is 0.558. The van der Waals surface area contributed by atoms with Crippen LogP contribution in [0.4, 0.5) is 0 Å². The number of carbonyl (C=O) groups is 1. The molecule has 2 aliphatic heterocycles. The van der Waals surface area contributed by atoms with Crippen molar-refractivity contribution < 1.29 is 14.3 Å². The highest BCUT2D eigenvalue weighted by Crippen LogP contribution is 2.50. The van der Waals surface area contributed by atoms with E-state index >= 15 is 0 Å². The molecule has 126 valence electrons. The molecule has 2 bridgehead atoms. The maximum Gasteiger partial charge on any atom is 0.308 e. The predicted molar refractivity (Wildman–Crippen MR) is 91.4 cm³/mol. The number of alkyl halides is 1. The second kappa shape index (κ2) is 8.68. The first-order chi connectivity index (χ1) is 10.6. The van der Waals surface area contributed by atoms with E-state index in [0.29, 0.717) is 12.5 Å². The van der Waals surface area contributed by atoms with E-state index < -0.39 is 0 Å². The molecule has 1 unspecified atom stereocenters. The molecular formula is C18H29BrO3. The lowest BCUT2D eigenvalue weighted by Gasteiger charge is -2.50. The molecule has 3 rings (SSSR count). The van der Waals surface area contributed by atoms with Crippen LogP contribution in [0.25, 0.3) is 0 Å². The predicted octanol–water partition coefficient (Wildman–Crippen LogP) is 4.84. The van der Waals surface area contributed by atoms with Crippen molar-refractivity contribution in [2.24, 2.45) is 11.8 Å². The maximum atomic E-state index is 12.1. The Bertz CT molecular complexity index is 350. The van der Waals surface area contributed by atoms with Gasteiger partial charge in [-0.1, -0.05) is 35.7 Å². The average Bonchev–Trinajstić information content (AvgIpc) is 2.56. The molecule has 2 heterocycles. The largest absolute Gasteiger partial charge is 0.466 e. The third-order valence-electron chi connectivity index (χ3n) is 5.11. The van der Waals surface area contributed by atoms with Crippen LogP contribution in [0.5, 0.6) is 0 Å². The van der Waals surface area contributed by atoms with E-state index in [-0.39, 0.29) is 17.5 Å². The van der Waals surface area contributed by atoms with Crippen LogP contribution in [0.15, 0.2) is 0 Å². The van der Waals surface area contributed by atoms with Gasteiger partial charge in [-0.15, -0.1) is 0 Å². The van der Waals surface area contributed by atoms with E-state index in [2.05, 4.69) is 22.9 Å². The van der Waals surface area contributed by atoms with Gasteiger partial charge >= 0.3 is 5.97 Å². The van der Waals surface area contributed by atoms with Gasteiger partial charge in [0.15, 0.2) is 0 Å². The Kier molecular flexibility index (Phi) is 7.20. The lowest BCUT2D eigenvalue weighted by atomic mass is 9.72. The SMILES string of the molecule is [CH2]CCCC(CC[C]1OC2(CBr)CCC1CC2)C(=O)OCC. The number of unbranched alkanes of at least 4 members (excludes halogenated alkanes) is 1. The molecule has 2 saturated heterocycles. The fourth-order valence-corrected chi connectivity index (χ4v) is 4.37. The summed E-state index contributed by atoms with van der Waals surface area (Å²) in [6.07, 6.45) is 10.5. The summed E-state index contributed by atoms with van der Waals surface area (Å²) < 4.78 is 11.5. The summed E-state index contributed by atoms with van der Waals surface area (Å²) in [4.78, 5) is 12.1. The minimum Gasteiger partial charge on any atom is -0.466 e. The van der Waals surface area contributed by atoms with Gasteiger partial charge in [0.1, 0.15) is 6.10 Å². The first-order valence-corrected chi connectivity index (χ1v) is 9.83. The minimum absolute atomic E-state index is 0.00169. The van der Waals surface area contributed by atoms with Crippen LogP contribution in [-0.4, -0.2) is 23.5 Å². The van der Waals surface area contributed by atoms with Crippen LogP contribution in [0.2, 0.25) is 0 Å². The van der Waals surface area contributed by atoms with Crippen molar-refractivity contribution in [1.82, 2.24) is 0 Å². The van der Waals surface area contributed by atoms with Gasteiger partial charge in [-0.05, 0) is 57.8 Å². The van der Waals surface area contributed by atoms with Crippen LogP contribution in [0, 0.1) is 24.9 Å². The fraction of sp³-hybridized carbons (Fsp3) is 0.833. The Hall–Kier alpha value is -0.0900. The summed E-state index contributed by atoms with van der Waals surface area (Å²) in [6.45, 7) is 6.21. The van der Waals surface area contributed by atoms with E-state index in [1.165, 1.54) is 18.9 Å². The molecule has 1 atom stereocenters. The van der Waals surface area contributed by atoms with E-state index in [0.717, 1.165) is 50.3 Å². The highest BCUT2D eigenvalue weighted by molar-refractivity contribution is 9.09. The second-order valence-corrected chi connectivity index (χ2v) is 7.20. The van der Waals surface area contributed by atoms with Crippen LogP contribution in [0.3, 0.4) is 0 Å². The topological polar surface area (TPSA) is 35.5 Å².